The molecular formula is C21H19N5O3. The highest BCUT2D eigenvalue weighted by atomic mass is 16.7. The zero-order valence-electron chi connectivity index (χ0n) is 16.0. The highest BCUT2D eigenvalue weighted by Crippen LogP contribution is 2.42. The molecule has 1 atom stereocenters. The standard InChI is InChI=1S/C21H19N5O3/c1-14(15-3-5-16(6-4-15)26-12-22-11-24-26)25-8-7-23-21(25)17-9-19-20(29-13-28-19)10-18(17)27-2/h3-12,14H,13H2,1-2H3/t14-/m1/s1. The Bertz CT molecular complexity index is 1140. The van der Waals surface area contributed by atoms with Crippen molar-refractivity contribution < 1.29 is 14.2 Å². The fourth-order valence-corrected chi connectivity index (χ4v) is 3.51. The summed E-state index contributed by atoms with van der Waals surface area (Å²) >= 11 is 0. The molecule has 5 rings (SSSR count). The normalized spacial score (nSPS) is 13.4. The van der Waals surface area contributed by atoms with Gasteiger partial charge >= 0.3 is 0 Å². The molecule has 0 amide bonds. The van der Waals surface area contributed by atoms with E-state index in [1.54, 1.807) is 24.3 Å². The van der Waals surface area contributed by atoms with Crippen molar-refractivity contribution in [3.05, 3.63) is 67.0 Å². The van der Waals surface area contributed by atoms with Crippen LogP contribution in [-0.4, -0.2) is 38.2 Å². The van der Waals surface area contributed by atoms with Gasteiger partial charge in [0.2, 0.25) is 6.79 Å². The minimum Gasteiger partial charge on any atom is -0.496 e. The van der Waals surface area contributed by atoms with Crippen LogP contribution in [0.25, 0.3) is 17.1 Å². The molecule has 0 fully saturated rings. The van der Waals surface area contributed by atoms with Gasteiger partial charge < -0.3 is 18.8 Å². The fourth-order valence-electron chi connectivity index (χ4n) is 3.51. The number of aromatic nitrogens is 5. The monoisotopic (exact) mass is 389 g/mol. The van der Waals surface area contributed by atoms with E-state index >= 15 is 0 Å². The smallest absolute Gasteiger partial charge is 0.231 e. The second-order valence-electron chi connectivity index (χ2n) is 6.67. The van der Waals surface area contributed by atoms with Crippen LogP contribution < -0.4 is 14.2 Å². The SMILES string of the molecule is COc1cc2c(cc1-c1nccn1[C@H](C)c1ccc(-n3cncn3)cc1)OCO2. The highest BCUT2D eigenvalue weighted by Gasteiger charge is 2.22. The Morgan fingerprint density at radius 3 is 2.62 bits per heavy atom. The first-order valence-corrected chi connectivity index (χ1v) is 9.20. The van der Waals surface area contributed by atoms with Crippen LogP contribution in [-0.2, 0) is 0 Å². The Morgan fingerprint density at radius 1 is 1.10 bits per heavy atom. The molecule has 8 nitrogen and oxygen atoms in total. The third-order valence-corrected chi connectivity index (χ3v) is 5.08. The van der Waals surface area contributed by atoms with Crippen LogP contribution in [0, 0.1) is 0 Å². The van der Waals surface area contributed by atoms with Crippen LogP contribution in [0.4, 0.5) is 0 Å². The summed E-state index contributed by atoms with van der Waals surface area (Å²) in [6.07, 6.45) is 6.96. The molecule has 1 aliphatic rings. The summed E-state index contributed by atoms with van der Waals surface area (Å²) < 4.78 is 20.4. The van der Waals surface area contributed by atoms with Crippen LogP contribution >= 0.6 is 0 Å². The van der Waals surface area contributed by atoms with Crippen LogP contribution in [0.5, 0.6) is 17.2 Å². The Morgan fingerprint density at radius 2 is 1.90 bits per heavy atom. The number of rotatable bonds is 5. The molecule has 3 heterocycles. The molecule has 146 valence electrons. The summed E-state index contributed by atoms with van der Waals surface area (Å²) in [6.45, 7) is 2.35. The molecule has 0 saturated carbocycles. The van der Waals surface area contributed by atoms with E-state index in [1.807, 2.05) is 30.5 Å². The van der Waals surface area contributed by atoms with E-state index < -0.39 is 0 Å². The molecule has 0 aliphatic carbocycles. The van der Waals surface area contributed by atoms with Crippen molar-refractivity contribution >= 4 is 0 Å². The lowest BCUT2D eigenvalue weighted by atomic mass is 10.1. The zero-order valence-corrected chi connectivity index (χ0v) is 16.0. The molecule has 0 unspecified atom stereocenters. The third kappa shape index (κ3) is 2.98. The topological polar surface area (TPSA) is 76.2 Å². The number of nitrogens with zero attached hydrogens (tertiary/aromatic N) is 5. The van der Waals surface area contributed by atoms with Gasteiger partial charge in [-0.05, 0) is 30.7 Å². The summed E-state index contributed by atoms with van der Waals surface area (Å²) in [6, 6.07) is 12.0. The third-order valence-electron chi connectivity index (χ3n) is 5.08. The average Bonchev–Trinajstić information content (AvgIpc) is 3.53. The highest BCUT2D eigenvalue weighted by molar-refractivity contribution is 5.70. The molecule has 1 aliphatic heterocycles. The molecule has 2 aromatic carbocycles. The lowest BCUT2D eigenvalue weighted by molar-refractivity contribution is 0.174. The van der Waals surface area contributed by atoms with Crippen molar-refractivity contribution in [3.63, 3.8) is 0 Å². The van der Waals surface area contributed by atoms with E-state index in [-0.39, 0.29) is 12.8 Å². The van der Waals surface area contributed by atoms with Gasteiger partial charge in [0.25, 0.3) is 0 Å². The molecule has 0 bridgehead atoms. The van der Waals surface area contributed by atoms with Crippen molar-refractivity contribution in [2.24, 2.45) is 0 Å². The van der Waals surface area contributed by atoms with Gasteiger partial charge in [0.15, 0.2) is 11.5 Å². The Labute approximate surface area is 167 Å². The first kappa shape index (κ1) is 17.3. The zero-order chi connectivity index (χ0) is 19.8. The second kappa shape index (κ2) is 6.97. The maximum absolute atomic E-state index is 5.59. The first-order chi connectivity index (χ1) is 14.2. The van der Waals surface area contributed by atoms with Gasteiger partial charge in [0.05, 0.1) is 24.4 Å². The number of fused-ring (bicyclic) bond motifs is 1. The van der Waals surface area contributed by atoms with Gasteiger partial charge in [0.1, 0.15) is 24.2 Å². The number of hydrogen-bond donors (Lipinski definition) is 0. The molecule has 0 N–H and O–H groups in total. The van der Waals surface area contributed by atoms with Crippen molar-refractivity contribution in [1.82, 2.24) is 24.3 Å². The van der Waals surface area contributed by atoms with Gasteiger partial charge in [-0.1, -0.05) is 12.1 Å². The molecule has 29 heavy (non-hydrogen) atoms. The van der Waals surface area contributed by atoms with Crippen LogP contribution in [0.1, 0.15) is 18.5 Å². The van der Waals surface area contributed by atoms with E-state index in [1.165, 1.54) is 6.33 Å². The van der Waals surface area contributed by atoms with E-state index in [0.29, 0.717) is 17.2 Å². The molecule has 8 heteroatoms. The molecule has 4 aromatic rings. The van der Waals surface area contributed by atoms with E-state index in [2.05, 4.69) is 38.7 Å². The predicted octanol–water partition coefficient (Wildman–Crippen LogP) is 3.48. The first-order valence-electron chi connectivity index (χ1n) is 9.20. The maximum atomic E-state index is 5.59. The molecule has 2 aromatic heterocycles. The van der Waals surface area contributed by atoms with Crippen LogP contribution in [0.3, 0.4) is 0 Å². The Balaban J connectivity index is 1.51. The number of methoxy groups -OCH3 is 1. The lowest BCUT2D eigenvalue weighted by Crippen LogP contribution is -2.08. The summed E-state index contributed by atoms with van der Waals surface area (Å²) in [5, 5.41) is 4.17. The van der Waals surface area contributed by atoms with E-state index in [0.717, 1.165) is 22.6 Å². The number of hydrogen-bond acceptors (Lipinski definition) is 6. The predicted molar refractivity (Wildman–Crippen MR) is 106 cm³/mol. The van der Waals surface area contributed by atoms with Gasteiger partial charge in [-0.25, -0.2) is 14.6 Å². The van der Waals surface area contributed by atoms with Gasteiger partial charge in [-0.3, -0.25) is 0 Å². The minimum absolute atomic E-state index is 0.0624. The molecule has 0 saturated heterocycles. The van der Waals surface area contributed by atoms with E-state index in [9.17, 15) is 0 Å². The van der Waals surface area contributed by atoms with Crippen LogP contribution in [0.2, 0.25) is 0 Å². The van der Waals surface area contributed by atoms with Gasteiger partial charge in [0, 0.05) is 18.5 Å². The number of ether oxygens (including phenoxy) is 3. The Kier molecular flexibility index (Phi) is 4.16. The average molecular weight is 389 g/mol. The van der Waals surface area contributed by atoms with Crippen molar-refractivity contribution in [1.29, 1.82) is 0 Å². The van der Waals surface area contributed by atoms with Crippen molar-refractivity contribution in [3.8, 4) is 34.3 Å². The summed E-state index contributed by atoms with van der Waals surface area (Å²) in [7, 11) is 1.64. The van der Waals surface area contributed by atoms with Gasteiger partial charge in [-0.2, -0.15) is 5.10 Å². The fraction of sp³-hybridized carbons (Fsp3) is 0.190. The quantitative estimate of drug-likeness (QED) is 0.520. The number of imidazole rings is 1. The molecular weight excluding hydrogens is 370 g/mol. The molecule has 0 spiro atoms. The Hall–Kier alpha value is -3.81. The molecule has 0 radical (unpaired) electrons. The van der Waals surface area contributed by atoms with Gasteiger partial charge in [-0.15, -0.1) is 0 Å². The second-order valence-corrected chi connectivity index (χ2v) is 6.67. The van der Waals surface area contributed by atoms with Crippen molar-refractivity contribution in [2.45, 2.75) is 13.0 Å². The largest absolute Gasteiger partial charge is 0.496 e. The minimum atomic E-state index is 0.0624. The number of benzene rings is 2. The van der Waals surface area contributed by atoms with Crippen molar-refractivity contribution in [2.75, 3.05) is 13.9 Å². The van der Waals surface area contributed by atoms with E-state index in [4.69, 9.17) is 14.2 Å². The summed E-state index contributed by atoms with van der Waals surface area (Å²) in [4.78, 5) is 8.58. The summed E-state index contributed by atoms with van der Waals surface area (Å²) in [5.74, 6) is 2.86. The lowest BCUT2D eigenvalue weighted by Gasteiger charge is -2.18. The van der Waals surface area contributed by atoms with Crippen LogP contribution in [0.15, 0.2) is 61.4 Å². The maximum Gasteiger partial charge on any atom is 0.231 e. The summed E-state index contributed by atoms with van der Waals surface area (Å²) in [5.41, 5.74) is 2.96.